The molecule has 14 heavy (non-hydrogen) atoms. The van der Waals surface area contributed by atoms with Crippen LogP contribution in [-0.4, -0.2) is 28.5 Å². The number of rotatable bonds is 8. The van der Waals surface area contributed by atoms with Crippen molar-refractivity contribution in [3.63, 3.8) is 0 Å². The predicted octanol–water partition coefficient (Wildman–Crippen LogP) is 2.35. The van der Waals surface area contributed by atoms with Gasteiger partial charge in [-0.25, -0.2) is 0 Å². The molecule has 0 aromatic carbocycles. The molecular weight excluding hydrogens is 214 g/mol. The second-order valence-electron chi connectivity index (χ2n) is 3.16. The molecule has 0 amide bonds. The molecule has 0 unspecified atom stereocenters. The highest BCUT2D eigenvalue weighted by Crippen LogP contribution is 2.22. The third-order valence-electron chi connectivity index (χ3n) is 2.31. The van der Waals surface area contributed by atoms with Crippen molar-refractivity contribution in [2.75, 3.05) is 20.0 Å². The molecular formula is C9H19NO2SSi. The Morgan fingerprint density at radius 3 is 2.21 bits per heavy atom. The third kappa shape index (κ3) is 5.01. The summed E-state index contributed by atoms with van der Waals surface area (Å²) in [5, 5.41) is 8.46. The Hall–Kier alpha value is -0.0231. The normalized spacial score (nSPS) is 11.3. The molecule has 0 spiro atoms. The molecule has 0 saturated carbocycles. The van der Waals surface area contributed by atoms with Crippen molar-refractivity contribution in [2.24, 2.45) is 0 Å². The van der Waals surface area contributed by atoms with Gasteiger partial charge in [0.25, 0.3) is 0 Å². The van der Waals surface area contributed by atoms with Gasteiger partial charge in [-0.3, -0.25) is 0 Å². The number of nitriles is 1. The zero-order chi connectivity index (χ0) is 10.9. The fourth-order valence-electron chi connectivity index (χ4n) is 1.40. The van der Waals surface area contributed by atoms with Gasteiger partial charge in [0.1, 0.15) is 0 Å². The van der Waals surface area contributed by atoms with Crippen LogP contribution in [0, 0.1) is 11.3 Å². The van der Waals surface area contributed by atoms with E-state index in [9.17, 15) is 0 Å². The molecule has 3 nitrogen and oxygen atoms in total. The van der Waals surface area contributed by atoms with Crippen LogP contribution in [0.15, 0.2) is 0 Å². The number of thiol groups is 1. The molecule has 0 fully saturated rings. The lowest BCUT2D eigenvalue weighted by atomic mass is 10.4. The summed E-state index contributed by atoms with van der Waals surface area (Å²) >= 11 is 4.18. The lowest BCUT2D eigenvalue weighted by molar-refractivity contribution is 0.240. The van der Waals surface area contributed by atoms with Crippen molar-refractivity contribution in [1.82, 2.24) is 0 Å². The van der Waals surface area contributed by atoms with Gasteiger partial charge in [-0.2, -0.15) is 17.9 Å². The van der Waals surface area contributed by atoms with E-state index in [1.807, 2.05) is 0 Å². The van der Waals surface area contributed by atoms with Gasteiger partial charge in [-0.15, -0.1) is 0 Å². The maximum Gasteiger partial charge on any atom is 0.337 e. The molecule has 5 heteroatoms. The molecule has 0 aliphatic rings. The maximum atomic E-state index is 8.46. The highest BCUT2D eigenvalue weighted by atomic mass is 32.1. The van der Waals surface area contributed by atoms with Crippen LogP contribution in [0.25, 0.3) is 0 Å². The molecule has 0 N–H and O–H groups in total. The van der Waals surface area contributed by atoms with E-state index in [1.54, 1.807) is 14.2 Å². The highest BCUT2D eigenvalue weighted by molar-refractivity contribution is 7.80. The fourth-order valence-corrected chi connectivity index (χ4v) is 4.52. The Morgan fingerprint density at radius 2 is 1.79 bits per heavy atom. The van der Waals surface area contributed by atoms with Crippen molar-refractivity contribution in [3.8, 4) is 6.07 Å². The van der Waals surface area contributed by atoms with E-state index in [0.29, 0.717) is 6.42 Å². The lowest BCUT2D eigenvalue weighted by Crippen LogP contribution is -2.39. The molecule has 0 aliphatic carbocycles. The summed E-state index contributed by atoms with van der Waals surface area (Å²) in [6.45, 7) is 0. The first-order valence-electron chi connectivity index (χ1n) is 4.83. The molecule has 0 bridgehead atoms. The van der Waals surface area contributed by atoms with Crippen LogP contribution in [0.1, 0.15) is 19.3 Å². The molecule has 0 radical (unpaired) electrons. The van der Waals surface area contributed by atoms with E-state index < -0.39 is 8.56 Å². The van der Waals surface area contributed by atoms with Gasteiger partial charge in [0.2, 0.25) is 0 Å². The van der Waals surface area contributed by atoms with Crippen LogP contribution in [-0.2, 0) is 8.85 Å². The average molecular weight is 233 g/mol. The molecule has 0 aromatic rings. The SMILES string of the molecule is CO[Si](CCCS)(CCCC#N)OC. The summed E-state index contributed by atoms with van der Waals surface area (Å²) < 4.78 is 11.0. The molecule has 0 atom stereocenters. The zero-order valence-corrected chi connectivity index (χ0v) is 10.8. The lowest BCUT2D eigenvalue weighted by Gasteiger charge is -2.26. The van der Waals surface area contributed by atoms with Crippen LogP contribution in [0.4, 0.5) is 0 Å². The Kier molecular flexibility index (Phi) is 8.29. The van der Waals surface area contributed by atoms with Crippen LogP contribution in [0.3, 0.4) is 0 Å². The van der Waals surface area contributed by atoms with Crippen molar-refractivity contribution < 1.29 is 8.85 Å². The standard InChI is InChI=1S/C9H19NO2SSi/c1-11-14(12-2,9-5-7-13)8-4-3-6-10/h13H,3-5,7-9H2,1-2H3. The number of hydrogen-bond acceptors (Lipinski definition) is 4. The minimum Gasteiger partial charge on any atom is -0.398 e. The Morgan fingerprint density at radius 1 is 1.21 bits per heavy atom. The molecule has 0 saturated heterocycles. The van der Waals surface area contributed by atoms with Crippen molar-refractivity contribution >= 4 is 21.2 Å². The van der Waals surface area contributed by atoms with Crippen LogP contribution < -0.4 is 0 Å². The third-order valence-corrected chi connectivity index (χ3v) is 6.34. The number of hydrogen-bond donors (Lipinski definition) is 1. The number of nitrogens with zero attached hydrogens (tertiary/aromatic N) is 1. The smallest absolute Gasteiger partial charge is 0.337 e. The highest BCUT2D eigenvalue weighted by Gasteiger charge is 2.33. The van der Waals surface area contributed by atoms with Gasteiger partial charge < -0.3 is 8.85 Å². The van der Waals surface area contributed by atoms with Crippen LogP contribution in [0.5, 0.6) is 0 Å². The molecule has 82 valence electrons. The van der Waals surface area contributed by atoms with E-state index in [4.69, 9.17) is 14.1 Å². The van der Waals surface area contributed by atoms with Gasteiger partial charge in [-0.1, -0.05) is 0 Å². The van der Waals surface area contributed by atoms with E-state index in [1.165, 1.54) is 0 Å². The van der Waals surface area contributed by atoms with E-state index in [0.717, 1.165) is 30.7 Å². The first kappa shape index (κ1) is 14.0. The molecule has 0 heterocycles. The quantitative estimate of drug-likeness (QED) is 0.397. The summed E-state index contributed by atoms with van der Waals surface area (Å²) in [6.07, 6.45) is 2.48. The molecule has 0 aromatic heterocycles. The van der Waals surface area contributed by atoms with Crippen LogP contribution >= 0.6 is 12.6 Å². The first-order chi connectivity index (χ1) is 6.74. The van der Waals surface area contributed by atoms with E-state index in [2.05, 4.69) is 18.7 Å². The van der Waals surface area contributed by atoms with Crippen molar-refractivity contribution in [3.05, 3.63) is 0 Å². The fraction of sp³-hybridized carbons (Fsp3) is 0.889. The summed E-state index contributed by atoms with van der Waals surface area (Å²) in [7, 11) is 1.42. The molecule has 0 aliphatic heterocycles. The van der Waals surface area contributed by atoms with Crippen molar-refractivity contribution in [2.45, 2.75) is 31.4 Å². The second-order valence-corrected chi connectivity index (χ2v) is 7.24. The maximum absolute atomic E-state index is 8.46. The second kappa shape index (κ2) is 8.30. The monoisotopic (exact) mass is 233 g/mol. The van der Waals surface area contributed by atoms with Gasteiger partial charge in [0.05, 0.1) is 6.07 Å². The topological polar surface area (TPSA) is 42.2 Å². The largest absolute Gasteiger partial charge is 0.398 e. The minimum absolute atomic E-state index is 0.586. The number of unbranched alkanes of at least 4 members (excludes halogenated alkanes) is 1. The predicted molar refractivity (Wildman–Crippen MR) is 62.7 cm³/mol. The van der Waals surface area contributed by atoms with Crippen LogP contribution in [0.2, 0.25) is 12.1 Å². The summed E-state index contributed by atoms with van der Waals surface area (Å²) in [4.78, 5) is 0. The zero-order valence-electron chi connectivity index (χ0n) is 8.95. The van der Waals surface area contributed by atoms with Gasteiger partial charge >= 0.3 is 8.56 Å². The van der Waals surface area contributed by atoms with E-state index in [-0.39, 0.29) is 0 Å². The molecule has 0 rings (SSSR count). The van der Waals surface area contributed by atoms with E-state index >= 15 is 0 Å². The first-order valence-corrected chi connectivity index (χ1v) is 7.69. The Balaban J connectivity index is 4.01. The minimum atomic E-state index is -2.00. The van der Waals surface area contributed by atoms with Gasteiger partial charge in [-0.05, 0) is 30.7 Å². The average Bonchev–Trinajstić information content (AvgIpc) is 2.24. The van der Waals surface area contributed by atoms with Gasteiger partial charge in [0.15, 0.2) is 0 Å². The summed E-state index contributed by atoms with van der Waals surface area (Å²) in [6, 6.07) is 4.01. The Labute approximate surface area is 93.1 Å². The summed E-state index contributed by atoms with van der Waals surface area (Å²) in [5.74, 6) is 0.861. The van der Waals surface area contributed by atoms with Crippen molar-refractivity contribution in [1.29, 1.82) is 5.26 Å². The van der Waals surface area contributed by atoms with Gasteiger partial charge in [0, 0.05) is 20.6 Å². The Bertz CT molecular complexity index is 180. The summed E-state index contributed by atoms with van der Waals surface area (Å²) in [5.41, 5.74) is 0.